The minimum absolute atomic E-state index is 0.115. The van der Waals surface area contributed by atoms with Gasteiger partial charge in [0.05, 0.1) is 12.2 Å². The second kappa shape index (κ2) is 6.91. The average molecular weight is 315 g/mol. The van der Waals surface area contributed by atoms with Gasteiger partial charge < -0.3 is 9.62 Å². The predicted molar refractivity (Wildman–Crippen MR) is 82.3 cm³/mol. The number of hydrogen-bond donors (Lipinski definition) is 1. The fraction of sp³-hybridized carbons (Fsp3) is 0.235. The molecule has 1 aromatic carbocycles. The van der Waals surface area contributed by atoms with E-state index in [0.29, 0.717) is 5.56 Å². The Morgan fingerprint density at radius 2 is 1.70 bits per heavy atom. The van der Waals surface area contributed by atoms with Crippen LogP contribution in [-0.4, -0.2) is 27.4 Å². The van der Waals surface area contributed by atoms with Gasteiger partial charge in [0.1, 0.15) is 23.2 Å². The molecule has 120 valence electrons. The smallest absolute Gasteiger partial charge is 0.263 e. The molecule has 1 heterocycles. The molecule has 0 fully saturated rings. The predicted octanol–water partition coefficient (Wildman–Crippen LogP) is 2.55. The maximum atomic E-state index is 12.0. The third-order valence-corrected chi connectivity index (χ3v) is 3.63. The summed E-state index contributed by atoms with van der Waals surface area (Å²) in [6, 6.07) is 11.5. The van der Waals surface area contributed by atoms with Crippen LogP contribution in [0.5, 0.6) is 0 Å². The molecule has 0 spiro atoms. The maximum absolute atomic E-state index is 12.0. The lowest BCUT2D eigenvalue weighted by atomic mass is 9.79. The fourth-order valence-electron chi connectivity index (χ4n) is 2.70. The van der Waals surface area contributed by atoms with Gasteiger partial charge in [-0.3, -0.25) is 14.8 Å². The van der Waals surface area contributed by atoms with Crippen LogP contribution in [0.4, 0.5) is 0 Å². The average Bonchev–Trinajstić information content (AvgIpc) is 3.00. The highest BCUT2D eigenvalue weighted by Gasteiger charge is 2.42. The third kappa shape index (κ3) is 3.48. The summed E-state index contributed by atoms with van der Waals surface area (Å²) in [6.45, 7) is 2.55. The van der Waals surface area contributed by atoms with Gasteiger partial charge in [0, 0.05) is 10.5 Å². The zero-order chi connectivity index (χ0) is 17.0. The van der Waals surface area contributed by atoms with Crippen LogP contribution in [0, 0.1) is 11.1 Å². The first-order chi connectivity index (χ1) is 10.9. The van der Waals surface area contributed by atoms with Crippen molar-refractivity contribution < 1.29 is 24.1 Å². The molecular weight excluding hydrogens is 298 g/mol. The number of carbonyl (C=O) groups excluding carboxylic acids is 2. The Bertz CT molecular complexity index is 701. The van der Waals surface area contributed by atoms with E-state index in [9.17, 15) is 20.0 Å². The van der Waals surface area contributed by atoms with Crippen molar-refractivity contribution in [3.63, 3.8) is 0 Å². The molecule has 23 heavy (non-hydrogen) atoms. The van der Waals surface area contributed by atoms with Crippen molar-refractivity contribution in [2.24, 2.45) is 5.92 Å². The molecule has 1 atom stereocenters. The van der Waals surface area contributed by atoms with Crippen LogP contribution in [0.3, 0.4) is 0 Å². The Labute approximate surface area is 133 Å². The number of Topliss-reactive ketones (excluding diaryl/α,β-unsaturated/α-hetero) is 2. The van der Waals surface area contributed by atoms with Crippen molar-refractivity contribution in [1.29, 1.82) is 0 Å². The summed E-state index contributed by atoms with van der Waals surface area (Å²) in [5.41, 5.74) is 0.287. The summed E-state index contributed by atoms with van der Waals surface area (Å²) in [7, 11) is 0. The van der Waals surface area contributed by atoms with Crippen molar-refractivity contribution >= 4 is 17.3 Å². The van der Waals surface area contributed by atoms with E-state index < -0.39 is 23.4 Å². The zero-order valence-electron chi connectivity index (χ0n) is 12.8. The lowest BCUT2D eigenvalue weighted by molar-refractivity contribution is -0.726. The first-order valence-electron chi connectivity index (χ1n) is 7.06. The molecule has 1 unspecified atom stereocenters. The molecule has 0 saturated heterocycles. The lowest BCUT2D eigenvalue weighted by Gasteiger charge is -2.20. The third-order valence-electron chi connectivity index (χ3n) is 3.63. The molecule has 0 bridgehead atoms. The molecule has 0 amide bonds. The molecule has 1 aromatic heterocycles. The van der Waals surface area contributed by atoms with Gasteiger partial charge in [0.25, 0.3) is 5.71 Å². The molecule has 0 saturated carbocycles. The minimum Gasteiger partial charge on any atom is -0.468 e. The second-order valence-electron chi connectivity index (χ2n) is 5.22. The highest BCUT2D eigenvalue weighted by atomic mass is 16.8. The molecule has 0 radical (unpaired) electrons. The second-order valence-corrected chi connectivity index (χ2v) is 5.22. The molecule has 0 aliphatic heterocycles. The Hall–Kier alpha value is -2.89. The molecule has 0 aliphatic carbocycles. The normalized spacial score (nSPS) is 13.5. The summed E-state index contributed by atoms with van der Waals surface area (Å²) in [6.07, 6.45) is 1.38. The first-order valence-corrected chi connectivity index (χ1v) is 7.06. The van der Waals surface area contributed by atoms with E-state index in [1.807, 2.05) is 0 Å². The van der Waals surface area contributed by atoms with Crippen LogP contribution in [0.2, 0.25) is 0 Å². The van der Waals surface area contributed by atoms with Crippen molar-refractivity contribution in [3.8, 4) is 0 Å². The molecule has 0 aliphatic rings. The standard InChI is InChI=1S/C17H17NO5/c1-11(19)15(12(2)20)16(14-9-6-10-23-14)17(18(21)22)13-7-4-3-5-8-13/h3-10,15-16H,1-2H3,(H,21,22). The van der Waals surface area contributed by atoms with E-state index in [2.05, 4.69) is 0 Å². The summed E-state index contributed by atoms with van der Waals surface area (Å²) in [4.78, 5) is 23.7. The van der Waals surface area contributed by atoms with Gasteiger partial charge in [-0.25, -0.2) is 0 Å². The lowest BCUT2D eigenvalue weighted by Crippen LogP contribution is -2.35. The highest BCUT2D eigenvalue weighted by molar-refractivity contribution is 6.10. The van der Waals surface area contributed by atoms with E-state index >= 15 is 0 Å². The van der Waals surface area contributed by atoms with Gasteiger partial charge in [-0.1, -0.05) is 18.2 Å². The number of nitrogens with zero attached hydrogens (tertiary/aromatic N) is 1. The first kappa shape index (κ1) is 16.5. The molecular formula is C17H17NO5. The zero-order valence-corrected chi connectivity index (χ0v) is 12.8. The van der Waals surface area contributed by atoms with Gasteiger partial charge >= 0.3 is 0 Å². The topological polar surface area (TPSA) is 93.6 Å². The Balaban J connectivity index is 2.68. The number of ketones is 2. The van der Waals surface area contributed by atoms with Crippen molar-refractivity contribution in [2.75, 3.05) is 0 Å². The number of rotatable bonds is 6. The van der Waals surface area contributed by atoms with Crippen LogP contribution in [-0.2, 0) is 9.59 Å². The maximum Gasteiger partial charge on any atom is 0.263 e. The van der Waals surface area contributed by atoms with Gasteiger partial charge in [-0.05, 0) is 38.1 Å². The van der Waals surface area contributed by atoms with Crippen molar-refractivity contribution in [1.82, 2.24) is 0 Å². The monoisotopic (exact) mass is 315 g/mol. The van der Waals surface area contributed by atoms with E-state index in [4.69, 9.17) is 4.42 Å². The summed E-state index contributed by atoms with van der Waals surface area (Å²) >= 11 is 0. The van der Waals surface area contributed by atoms with E-state index in [0.717, 1.165) is 0 Å². The van der Waals surface area contributed by atoms with Gasteiger partial charge in [0.15, 0.2) is 0 Å². The molecule has 6 heteroatoms. The van der Waals surface area contributed by atoms with Gasteiger partial charge in [-0.2, -0.15) is 0 Å². The summed E-state index contributed by atoms with van der Waals surface area (Å²) in [5.74, 6) is -2.69. The largest absolute Gasteiger partial charge is 0.468 e. The summed E-state index contributed by atoms with van der Waals surface area (Å²) < 4.78 is 5.33. The fourth-order valence-corrected chi connectivity index (χ4v) is 2.70. The van der Waals surface area contributed by atoms with Gasteiger partial charge in [-0.15, -0.1) is 0 Å². The number of benzene rings is 1. The molecule has 2 rings (SSSR count). The van der Waals surface area contributed by atoms with Crippen molar-refractivity contribution in [3.05, 3.63) is 65.3 Å². The van der Waals surface area contributed by atoms with Crippen LogP contribution in [0.15, 0.2) is 53.1 Å². The Kier molecular flexibility index (Phi) is 4.95. The van der Waals surface area contributed by atoms with E-state index in [1.54, 1.807) is 42.5 Å². The van der Waals surface area contributed by atoms with Crippen LogP contribution < -0.4 is 0 Å². The molecule has 2 aromatic rings. The van der Waals surface area contributed by atoms with Gasteiger partial charge in [0.2, 0.25) is 0 Å². The molecule has 6 nitrogen and oxygen atoms in total. The quantitative estimate of drug-likeness (QED) is 0.291. The minimum atomic E-state index is -1.13. The van der Waals surface area contributed by atoms with Crippen LogP contribution in [0.25, 0.3) is 0 Å². The van der Waals surface area contributed by atoms with Crippen molar-refractivity contribution in [2.45, 2.75) is 19.8 Å². The van der Waals surface area contributed by atoms with Crippen LogP contribution >= 0.6 is 0 Å². The number of hydrogen-bond acceptors (Lipinski definition) is 5. The SMILES string of the molecule is CC(=O)C(C(C)=O)C(/C(c1ccccc1)=[N+](/[O-])O)c1ccco1. The van der Waals surface area contributed by atoms with E-state index in [-0.39, 0.29) is 16.4 Å². The summed E-state index contributed by atoms with van der Waals surface area (Å²) in [5, 5.41) is 21.4. The Morgan fingerprint density at radius 1 is 1.09 bits per heavy atom. The Morgan fingerprint density at radius 3 is 2.13 bits per heavy atom. The number of carbonyl (C=O) groups is 2. The van der Waals surface area contributed by atoms with E-state index in [1.165, 1.54) is 20.1 Å². The highest BCUT2D eigenvalue weighted by Crippen LogP contribution is 2.31. The number of furan rings is 1. The molecule has 1 N–H and O–H groups in total. The van der Waals surface area contributed by atoms with Crippen LogP contribution in [0.1, 0.15) is 31.1 Å².